The van der Waals surface area contributed by atoms with Crippen LogP contribution in [-0.2, 0) is 18.5 Å². The van der Waals surface area contributed by atoms with Gasteiger partial charge in [-0.15, -0.1) is 0 Å². The van der Waals surface area contributed by atoms with Gasteiger partial charge >= 0.3 is 5.69 Å². The van der Waals surface area contributed by atoms with E-state index >= 15 is 0 Å². The number of hydrogen-bond acceptors (Lipinski definition) is 5. The molecule has 1 aromatic heterocycles. The first-order valence-electron chi connectivity index (χ1n) is 8.08. The molecule has 0 atom stereocenters. The van der Waals surface area contributed by atoms with E-state index in [0.717, 1.165) is 21.4 Å². The Balaban J connectivity index is 1.85. The van der Waals surface area contributed by atoms with Gasteiger partial charge in [0, 0.05) is 18.2 Å². The van der Waals surface area contributed by atoms with Crippen molar-refractivity contribution >= 4 is 21.6 Å². The van der Waals surface area contributed by atoms with Crippen molar-refractivity contribution in [3.05, 3.63) is 73.9 Å². The van der Waals surface area contributed by atoms with Gasteiger partial charge in [-0.2, -0.15) is 9.36 Å². The highest BCUT2D eigenvalue weighted by Crippen LogP contribution is 2.19. The van der Waals surface area contributed by atoms with Crippen molar-refractivity contribution in [3.8, 4) is 5.69 Å². The highest BCUT2D eigenvalue weighted by molar-refractivity contribution is 9.10. The lowest BCUT2D eigenvalue weighted by atomic mass is 10.1. The number of tetrazole rings is 1. The molecule has 0 N–H and O–H groups in total. The lowest BCUT2D eigenvalue weighted by molar-refractivity contribution is 0.130. The fraction of sp³-hybridized carbons (Fsp3) is 0.222. The van der Waals surface area contributed by atoms with Crippen molar-refractivity contribution in [2.75, 3.05) is 0 Å². The number of nitrogens with zero attached hydrogens (tertiary/aromatic N) is 5. The highest BCUT2D eigenvalue weighted by atomic mass is 79.9. The SMILES string of the molecule is CC(=NOCc1c(C)cccc1-n1nnn(C)c1=O)c1ccc(F)c(Br)c1. The van der Waals surface area contributed by atoms with Crippen LogP contribution in [0, 0.1) is 12.7 Å². The van der Waals surface area contributed by atoms with Gasteiger partial charge in [0.1, 0.15) is 12.4 Å². The zero-order chi connectivity index (χ0) is 19.6. The Labute approximate surface area is 163 Å². The van der Waals surface area contributed by atoms with E-state index in [1.807, 2.05) is 19.1 Å². The van der Waals surface area contributed by atoms with E-state index < -0.39 is 0 Å². The normalized spacial score (nSPS) is 11.7. The minimum atomic E-state index is -0.349. The molecule has 0 aliphatic carbocycles. The van der Waals surface area contributed by atoms with Gasteiger partial charge in [-0.05, 0) is 64.0 Å². The fourth-order valence-electron chi connectivity index (χ4n) is 2.51. The van der Waals surface area contributed by atoms with Gasteiger partial charge in [0.05, 0.1) is 15.9 Å². The van der Waals surface area contributed by atoms with Gasteiger partial charge in [-0.1, -0.05) is 23.4 Å². The van der Waals surface area contributed by atoms with Crippen molar-refractivity contribution in [2.45, 2.75) is 20.5 Å². The summed E-state index contributed by atoms with van der Waals surface area (Å²) in [5.74, 6) is -0.341. The minimum Gasteiger partial charge on any atom is -0.391 e. The Morgan fingerprint density at radius 3 is 2.74 bits per heavy atom. The van der Waals surface area contributed by atoms with Gasteiger partial charge in [0.2, 0.25) is 0 Å². The summed E-state index contributed by atoms with van der Waals surface area (Å²) in [6.45, 7) is 3.83. The largest absolute Gasteiger partial charge is 0.391 e. The van der Waals surface area contributed by atoms with E-state index in [1.165, 1.54) is 17.8 Å². The first-order chi connectivity index (χ1) is 12.9. The average molecular weight is 434 g/mol. The third-order valence-electron chi connectivity index (χ3n) is 4.08. The number of aryl methyl sites for hydroxylation is 2. The summed E-state index contributed by atoms with van der Waals surface area (Å²) in [6.07, 6.45) is 0. The van der Waals surface area contributed by atoms with Gasteiger partial charge in [0.15, 0.2) is 0 Å². The van der Waals surface area contributed by atoms with Crippen LogP contribution < -0.4 is 5.69 Å². The van der Waals surface area contributed by atoms with Crippen LogP contribution in [0.2, 0.25) is 0 Å². The molecule has 0 saturated carbocycles. The van der Waals surface area contributed by atoms with Crippen LogP contribution in [0.15, 0.2) is 50.8 Å². The second-order valence-corrected chi connectivity index (χ2v) is 6.80. The van der Waals surface area contributed by atoms with E-state index in [2.05, 4.69) is 31.5 Å². The van der Waals surface area contributed by atoms with Crippen LogP contribution >= 0.6 is 15.9 Å². The molecule has 27 heavy (non-hydrogen) atoms. The summed E-state index contributed by atoms with van der Waals surface area (Å²) < 4.78 is 16.1. The average Bonchev–Trinajstić information content (AvgIpc) is 2.97. The number of rotatable bonds is 5. The third kappa shape index (κ3) is 3.97. The molecule has 140 valence electrons. The topological polar surface area (TPSA) is 74.3 Å². The molecule has 3 aromatic rings. The van der Waals surface area contributed by atoms with Crippen LogP contribution in [-0.4, -0.2) is 25.5 Å². The van der Waals surface area contributed by atoms with Crippen molar-refractivity contribution < 1.29 is 9.23 Å². The Morgan fingerprint density at radius 1 is 1.30 bits per heavy atom. The van der Waals surface area contributed by atoms with Crippen LogP contribution in [0.25, 0.3) is 5.69 Å². The van der Waals surface area contributed by atoms with Crippen molar-refractivity contribution in [3.63, 3.8) is 0 Å². The number of oxime groups is 1. The van der Waals surface area contributed by atoms with Crippen molar-refractivity contribution in [1.29, 1.82) is 0 Å². The predicted molar refractivity (Wildman–Crippen MR) is 102 cm³/mol. The predicted octanol–water partition coefficient (Wildman–Crippen LogP) is 3.12. The number of hydrogen-bond donors (Lipinski definition) is 0. The molecule has 0 radical (unpaired) electrons. The summed E-state index contributed by atoms with van der Waals surface area (Å²) >= 11 is 3.15. The zero-order valence-corrected chi connectivity index (χ0v) is 16.6. The highest BCUT2D eigenvalue weighted by Gasteiger charge is 2.13. The number of halogens is 2. The molecule has 0 bridgehead atoms. The van der Waals surface area contributed by atoms with E-state index in [1.54, 1.807) is 25.1 Å². The molecule has 0 amide bonds. The molecule has 2 aromatic carbocycles. The first kappa shape index (κ1) is 19.0. The van der Waals surface area contributed by atoms with Gasteiger partial charge in [-0.3, -0.25) is 0 Å². The Hall–Kier alpha value is -2.81. The maximum atomic E-state index is 13.4. The van der Waals surface area contributed by atoms with Crippen molar-refractivity contribution in [1.82, 2.24) is 19.8 Å². The summed E-state index contributed by atoms with van der Waals surface area (Å²) in [5, 5.41) is 11.7. The molecule has 0 spiro atoms. The second-order valence-electron chi connectivity index (χ2n) is 5.95. The molecular formula is C18H17BrFN5O2. The maximum absolute atomic E-state index is 13.4. The number of aromatic nitrogens is 4. The lowest BCUT2D eigenvalue weighted by Crippen LogP contribution is -2.23. The summed E-state index contributed by atoms with van der Waals surface area (Å²) in [6, 6.07) is 10.1. The van der Waals surface area contributed by atoms with E-state index in [4.69, 9.17) is 4.84 Å². The molecule has 0 unspecified atom stereocenters. The van der Waals surface area contributed by atoms with E-state index in [9.17, 15) is 9.18 Å². The quantitative estimate of drug-likeness (QED) is 0.457. The smallest absolute Gasteiger partial charge is 0.368 e. The molecule has 7 nitrogen and oxygen atoms in total. The van der Waals surface area contributed by atoms with Crippen LogP contribution in [0.4, 0.5) is 4.39 Å². The molecule has 3 rings (SSSR count). The molecule has 1 heterocycles. The summed E-state index contributed by atoms with van der Waals surface area (Å²) in [7, 11) is 1.53. The minimum absolute atomic E-state index is 0.144. The molecule has 0 aliphatic rings. The second kappa shape index (κ2) is 7.83. The van der Waals surface area contributed by atoms with E-state index in [0.29, 0.717) is 15.9 Å². The number of benzene rings is 2. The molecule has 9 heteroatoms. The zero-order valence-electron chi connectivity index (χ0n) is 15.0. The molecule has 0 aliphatic heterocycles. The van der Waals surface area contributed by atoms with Gasteiger partial charge < -0.3 is 4.84 Å². The molecule has 0 fully saturated rings. The third-order valence-corrected chi connectivity index (χ3v) is 4.69. The summed E-state index contributed by atoms with van der Waals surface area (Å²) in [4.78, 5) is 17.7. The molecule has 0 saturated heterocycles. The fourth-order valence-corrected chi connectivity index (χ4v) is 2.88. The van der Waals surface area contributed by atoms with Crippen molar-refractivity contribution in [2.24, 2.45) is 12.2 Å². The summed E-state index contributed by atoms with van der Waals surface area (Å²) in [5.41, 5.74) is 3.28. The monoisotopic (exact) mass is 433 g/mol. The Morgan fingerprint density at radius 2 is 2.07 bits per heavy atom. The van der Waals surface area contributed by atoms with Gasteiger partial charge in [-0.25, -0.2) is 9.18 Å². The van der Waals surface area contributed by atoms with E-state index in [-0.39, 0.29) is 18.1 Å². The lowest BCUT2D eigenvalue weighted by Gasteiger charge is -2.11. The first-order valence-corrected chi connectivity index (χ1v) is 8.87. The van der Waals surface area contributed by atoms with Crippen LogP contribution in [0.1, 0.15) is 23.6 Å². The standard InChI is InChI=1S/C18H17BrFN5O2/c1-11-5-4-6-17(25-18(26)24(3)22-23-25)14(11)10-27-21-12(2)13-7-8-16(20)15(19)9-13/h4-9H,10H2,1-3H3. The Bertz CT molecular complexity index is 1070. The molecular weight excluding hydrogens is 417 g/mol. The van der Waals surface area contributed by atoms with Crippen LogP contribution in [0.5, 0.6) is 0 Å². The van der Waals surface area contributed by atoms with Gasteiger partial charge in [0.25, 0.3) is 0 Å². The maximum Gasteiger partial charge on any atom is 0.368 e. The Kier molecular flexibility index (Phi) is 5.50. The van der Waals surface area contributed by atoms with Crippen LogP contribution in [0.3, 0.4) is 0 Å².